The zero-order chi connectivity index (χ0) is 14.4. The van der Waals surface area contributed by atoms with Crippen molar-refractivity contribution in [1.29, 1.82) is 0 Å². The van der Waals surface area contributed by atoms with E-state index in [0.29, 0.717) is 17.9 Å². The van der Waals surface area contributed by atoms with Gasteiger partial charge >= 0.3 is 0 Å². The highest BCUT2D eigenvalue weighted by Gasteiger charge is 2.07. The maximum Gasteiger partial charge on any atom is 0.224 e. The van der Waals surface area contributed by atoms with Gasteiger partial charge in [0.1, 0.15) is 11.6 Å². The largest absolute Gasteiger partial charge is 0.439 e. The fourth-order valence-corrected chi connectivity index (χ4v) is 1.73. The molecule has 5 heteroatoms. The highest BCUT2D eigenvalue weighted by molar-refractivity contribution is 5.34. The lowest BCUT2D eigenvalue weighted by Crippen LogP contribution is -1.97. The maximum absolute atomic E-state index is 13.0. The number of aliphatic hydroxyl groups is 1. The molecule has 0 aliphatic rings. The summed E-state index contributed by atoms with van der Waals surface area (Å²) in [5.74, 6) is 0.287. The van der Waals surface area contributed by atoms with E-state index in [-0.39, 0.29) is 12.5 Å². The number of methoxy groups -OCH3 is 1. The number of hydrogen-bond acceptors (Lipinski definition) is 4. The molecule has 20 heavy (non-hydrogen) atoms. The fourth-order valence-electron chi connectivity index (χ4n) is 1.73. The number of nitrogens with zero attached hydrogens (tertiary/aromatic N) is 1. The van der Waals surface area contributed by atoms with Gasteiger partial charge < -0.3 is 14.6 Å². The number of ether oxygens (including phenoxy) is 2. The molecule has 0 aliphatic carbocycles. The number of benzene rings is 1. The molecule has 0 spiro atoms. The van der Waals surface area contributed by atoms with E-state index in [1.54, 1.807) is 19.2 Å². The number of aromatic nitrogens is 1. The van der Waals surface area contributed by atoms with E-state index in [1.807, 2.05) is 12.1 Å². The third-order valence-electron chi connectivity index (χ3n) is 2.80. The van der Waals surface area contributed by atoms with Gasteiger partial charge in [0.15, 0.2) is 0 Å². The van der Waals surface area contributed by atoms with Gasteiger partial charge in [0.25, 0.3) is 0 Å². The summed E-state index contributed by atoms with van der Waals surface area (Å²) in [6, 6.07) is 8.66. The van der Waals surface area contributed by atoms with E-state index in [1.165, 1.54) is 6.07 Å². The molecule has 0 atom stereocenters. The molecule has 106 valence electrons. The highest BCUT2D eigenvalue weighted by Crippen LogP contribution is 2.24. The summed E-state index contributed by atoms with van der Waals surface area (Å²) in [7, 11) is 1.66. The summed E-state index contributed by atoms with van der Waals surface area (Å²) >= 11 is 0. The van der Waals surface area contributed by atoms with Crippen LogP contribution in [0.4, 0.5) is 4.39 Å². The molecule has 1 heterocycles. The Morgan fingerprint density at radius 1 is 1.25 bits per heavy atom. The van der Waals surface area contributed by atoms with Crippen molar-refractivity contribution < 1.29 is 19.0 Å². The van der Waals surface area contributed by atoms with Gasteiger partial charge in [0.2, 0.25) is 5.88 Å². The SMILES string of the molecule is COCCc1ccc(Oc2ncc(F)cc2CO)cc1. The van der Waals surface area contributed by atoms with Gasteiger partial charge in [-0.05, 0) is 30.2 Å². The van der Waals surface area contributed by atoms with Crippen LogP contribution < -0.4 is 4.74 Å². The van der Waals surface area contributed by atoms with Crippen molar-refractivity contribution in [3.63, 3.8) is 0 Å². The van der Waals surface area contributed by atoms with Gasteiger partial charge in [-0.1, -0.05) is 12.1 Å². The van der Waals surface area contributed by atoms with Crippen molar-refractivity contribution >= 4 is 0 Å². The summed E-state index contributed by atoms with van der Waals surface area (Å²) in [4.78, 5) is 3.84. The smallest absolute Gasteiger partial charge is 0.224 e. The molecule has 2 rings (SSSR count). The molecule has 1 aromatic heterocycles. The highest BCUT2D eigenvalue weighted by atomic mass is 19.1. The Hall–Kier alpha value is -1.98. The minimum Gasteiger partial charge on any atom is -0.439 e. The van der Waals surface area contributed by atoms with Crippen molar-refractivity contribution in [3.05, 3.63) is 53.5 Å². The maximum atomic E-state index is 13.0. The first-order valence-electron chi connectivity index (χ1n) is 6.24. The van der Waals surface area contributed by atoms with Crippen LogP contribution in [-0.2, 0) is 17.8 Å². The van der Waals surface area contributed by atoms with Crippen LogP contribution in [0.3, 0.4) is 0 Å². The van der Waals surface area contributed by atoms with Gasteiger partial charge in [-0.2, -0.15) is 0 Å². The molecule has 0 radical (unpaired) electrons. The number of pyridine rings is 1. The zero-order valence-electron chi connectivity index (χ0n) is 11.2. The molecule has 0 unspecified atom stereocenters. The minimum absolute atomic E-state index is 0.207. The van der Waals surface area contributed by atoms with Crippen LogP contribution in [0, 0.1) is 5.82 Å². The van der Waals surface area contributed by atoms with Gasteiger partial charge in [0, 0.05) is 12.7 Å². The average Bonchev–Trinajstić information content (AvgIpc) is 2.48. The summed E-state index contributed by atoms with van der Waals surface area (Å²) in [6.45, 7) is 0.334. The van der Waals surface area contributed by atoms with Gasteiger partial charge in [-0.3, -0.25) is 0 Å². The Labute approximate surface area is 116 Å². The van der Waals surface area contributed by atoms with E-state index < -0.39 is 5.82 Å². The lowest BCUT2D eigenvalue weighted by atomic mass is 10.1. The first-order valence-corrected chi connectivity index (χ1v) is 6.24. The Morgan fingerprint density at radius 3 is 2.65 bits per heavy atom. The van der Waals surface area contributed by atoms with E-state index in [4.69, 9.17) is 14.6 Å². The second-order valence-electron chi connectivity index (χ2n) is 4.26. The Kier molecular flexibility index (Phi) is 5.03. The van der Waals surface area contributed by atoms with Crippen molar-refractivity contribution in [2.75, 3.05) is 13.7 Å². The van der Waals surface area contributed by atoms with E-state index in [2.05, 4.69) is 4.98 Å². The van der Waals surface area contributed by atoms with Gasteiger partial charge in [-0.15, -0.1) is 0 Å². The summed E-state index contributed by atoms with van der Waals surface area (Å²) < 4.78 is 23.6. The number of rotatable bonds is 6. The van der Waals surface area contributed by atoms with E-state index in [9.17, 15) is 4.39 Å². The second-order valence-corrected chi connectivity index (χ2v) is 4.26. The van der Waals surface area contributed by atoms with Crippen LogP contribution in [0.5, 0.6) is 11.6 Å². The molecule has 0 saturated heterocycles. The van der Waals surface area contributed by atoms with Crippen LogP contribution in [0.15, 0.2) is 36.5 Å². The minimum atomic E-state index is -0.503. The van der Waals surface area contributed by atoms with Crippen LogP contribution in [0.2, 0.25) is 0 Å². The fraction of sp³-hybridized carbons (Fsp3) is 0.267. The Balaban J connectivity index is 2.10. The lowest BCUT2D eigenvalue weighted by Gasteiger charge is -2.09. The third kappa shape index (κ3) is 3.76. The predicted octanol–water partition coefficient (Wildman–Crippen LogP) is 2.69. The van der Waals surface area contributed by atoms with E-state index >= 15 is 0 Å². The van der Waals surface area contributed by atoms with Crippen LogP contribution in [-0.4, -0.2) is 23.8 Å². The van der Waals surface area contributed by atoms with Crippen molar-refractivity contribution in [2.45, 2.75) is 13.0 Å². The Morgan fingerprint density at radius 2 is 2.00 bits per heavy atom. The van der Waals surface area contributed by atoms with Crippen molar-refractivity contribution in [2.24, 2.45) is 0 Å². The van der Waals surface area contributed by atoms with Crippen LogP contribution in [0.25, 0.3) is 0 Å². The van der Waals surface area contributed by atoms with Crippen molar-refractivity contribution in [3.8, 4) is 11.6 Å². The van der Waals surface area contributed by atoms with Crippen molar-refractivity contribution in [1.82, 2.24) is 4.98 Å². The normalized spacial score (nSPS) is 10.6. The first-order chi connectivity index (χ1) is 9.72. The third-order valence-corrected chi connectivity index (χ3v) is 2.80. The molecule has 4 nitrogen and oxygen atoms in total. The molecule has 0 aliphatic heterocycles. The van der Waals surface area contributed by atoms with E-state index in [0.717, 1.165) is 18.2 Å². The molecule has 1 N–H and O–H groups in total. The first kappa shape index (κ1) is 14.4. The lowest BCUT2D eigenvalue weighted by molar-refractivity contribution is 0.202. The molecular weight excluding hydrogens is 261 g/mol. The van der Waals surface area contributed by atoms with Crippen LogP contribution >= 0.6 is 0 Å². The molecule has 0 saturated carbocycles. The quantitative estimate of drug-likeness (QED) is 0.882. The Bertz CT molecular complexity index is 558. The number of halogens is 1. The van der Waals surface area contributed by atoms with Gasteiger partial charge in [0.05, 0.1) is 19.4 Å². The predicted molar refractivity (Wildman–Crippen MR) is 72.2 cm³/mol. The molecular formula is C15H16FNO3. The molecule has 1 aromatic carbocycles. The molecule has 2 aromatic rings. The monoisotopic (exact) mass is 277 g/mol. The standard InChI is InChI=1S/C15H16FNO3/c1-19-7-6-11-2-4-14(5-3-11)20-15-12(10-18)8-13(16)9-17-15/h2-5,8-9,18H,6-7,10H2,1H3. The molecule has 0 amide bonds. The van der Waals surface area contributed by atoms with Gasteiger partial charge in [-0.25, -0.2) is 9.37 Å². The summed E-state index contributed by atoms with van der Waals surface area (Å²) in [6.07, 6.45) is 1.88. The summed E-state index contributed by atoms with van der Waals surface area (Å²) in [5, 5.41) is 9.16. The zero-order valence-corrected chi connectivity index (χ0v) is 11.2. The number of aliphatic hydroxyl groups excluding tert-OH is 1. The summed E-state index contributed by atoms with van der Waals surface area (Å²) in [5.41, 5.74) is 1.45. The topological polar surface area (TPSA) is 51.6 Å². The molecule has 0 fully saturated rings. The number of hydrogen-bond donors (Lipinski definition) is 1. The van der Waals surface area contributed by atoms with Crippen LogP contribution in [0.1, 0.15) is 11.1 Å². The second kappa shape index (κ2) is 6.98. The average molecular weight is 277 g/mol. The molecule has 0 bridgehead atoms.